The molecule has 0 saturated carbocycles. The maximum Gasteiger partial charge on any atom is 0.157 e. The normalized spacial score (nSPS) is 22.1. The first-order valence-electron chi connectivity index (χ1n) is 9.99. The molecule has 0 aromatic carbocycles. The Hall–Kier alpha value is -1.42. The highest BCUT2D eigenvalue weighted by molar-refractivity contribution is 5.00. The van der Waals surface area contributed by atoms with Crippen molar-refractivity contribution < 1.29 is 14.6 Å². The first-order chi connectivity index (χ1) is 12.8. The summed E-state index contributed by atoms with van der Waals surface area (Å²) in [6.45, 7) is 2.95. The number of allylic oxidation sites excluding steroid dienone is 10. The summed E-state index contributed by atoms with van der Waals surface area (Å²) in [6, 6.07) is 0. The smallest absolute Gasteiger partial charge is 0.157 e. The van der Waals surface area contributed by atoms with Gasteiger partial charge in [-0.2, -0.15) is 0 Å². The fraction of sp³-hybridized carbons (Fsp3) is 0.565. The average Bonchev–Trinajstić information content (AvgIpc) is 2.66. The molecule has 0 atom stereocenters. The van der Waals surface area contributed by atoms with Gasteiger partial charge in [-0.1, -0.05) is 67.7 Å². The summed E-state index contributed by atoms with van der Waals surface area (Å²) < 4.78 is 10.8. The van der Waals surface area contributed by atoms with Crippen molar-refractivity contribution in [2.75, 3.05) is 13.2 Å². The van der Waals surface area contributed by atoms with Crippen LogP contribution in [0.4, 0.5) is 0 Å². The zero-order chi connectivity index (χ0) is 18.7. The lowest BCUT2D eigenvalue weighted by Crippen LogP contribution is -2.35. The second kappa shape index (κ2) is 17.0. The first kappa shape index (κ1) is 22.6. The average molecular weight is 361 g/mol. The summed E-state index contributed by atoms with van der Waals surface area (Å²) in [5.41, 5.74) is 0. The maximum atomic E-state index is 9.27. The number of aliphatic hydroxyl groups excluding tert-OH is 1. The van der Waals surface area contributed by atoms with E-state index in [1.165, 1.54) is 0 Å². The van der Waals surface area contributed by atoms with Crippen LogP contribution in [0.2, 0.25) is 0 Å². The highest BCUT2D eigenvalue weighted by Gasteiger charge is 2.19. The Balaban J connectivity index is 1.91. The number of hydrogen-bond acceptors (Lipinski definition) is 3. The van der Waals surface area contributed by atoms with Crippen LogP contribution in [0.15, 0.2) is 60.8 Å². The Morgan fingerprint density at radius 1 is 0.731 bits per heavy atom. The van der Waals surface area contributed by atoms with Gasteiger partial charge >= 0.3 is 0 Å². The highest BCUT2D eigenvalue weighted by atomic mass is 16.7. The highest BCUT2D eigenvalue weighted by Crippen LogP contribution is 2.12. The Labute approximate surface area is 159 Å². The van der Waals surface area contributed by atoms with Gasteiger partial charge in [0.1, 0.15) is 6.10 Å². The fourth-order valence-corrected chi connectivity index (χ4v) is 2.47. The van der Waals surface area contributed by atoms with Crippen molar-refractivity contribution in [3.05, 3.63) is 60.8 Å². The Bertz CT molecular complexity index is 452. The van der Waals surface area contributed by atoms with Crippen molar-refractivity contribution in [2.45, 2.75) is 70.7 Å². The van der Waals surface area contributed by atoms with Gasteiger partial charge in [0.2, 0.25) is 0 Å². The molecule has 26 heavy (non-hydrogen) atoms. The van der Waals surface area contributed by atoms with Crippen LogP contribution >= 0.6 is 0 Å². The summed E-state index contributed by atoms with van der Waals surface area (Å²) in [6.07, 6.45) is 29.7. The summed E-state index contributed by atoms with van der Waals surface area (Å²) in [5, 5.41) is 9.27. The molecule has 0 bridgehead atoms. The SMILES string of the molecule is CC/C=C\C/C=C\C/C=C\C/C=C\C/C=C\CCC[C@H]1OC[C@H](O)CO1. The van der Waals surface area contributed by atoms with Gasteiger partial charge in [-0.3, -0.25) is 0 Å². The van der Waals surface area contributed by atoms with E-state index < -0.39 is 6.10 Å². The molecule has 1 rings (SSSR count). The van der Waals surface area contributed by atoms with E-state index in [9.17, 15) is 5.11 Å². The van der Waals surface area contributed by atoms with Crippen LogP contribution in [-0.4, -0.2) is 30.7 Å². The van der Waals surface area contributed by atoms with E-state index in [1.54, 1.807) is 0 Å². The lowest BCUT2D eigenvalue weighted by Gasteiger charge is -2.26. The number of aliphatic hydroxyl groups is 1. The lowest BCUT2D eigenvalue weighted by atomic mass is 10.2. The van der Waals surface area contributed by atoms with Gasteiger partial charge in [0.25, 0.3) is 0 Å². The van der Waals surface area contributed by atoms with Crippen LogP contribution in [-0.2, 0) is 9.47 Å². The third-order valence-corrected chi connectivity index (χ3v) is 3.92. The van der Waals surface area contributed by atoms with Crippen LogP contribution in [0.3, 0.4) is 0 Å². The minimum atomic E-state index is -0.461. The maximum absolute atomic E-state index is 9.27. The van der Waals surface area contributed by atoms with E-state index in [4.69, 9.17) is 9.47 Å². The topological polar surface area (TPSA) is 38.7 Å². The molecule has 3 heteroatoms. The van der Waals surface area contributed by atoms with Crippen molar-refractivity contribution in [3.8, 4) is 0 Å². The quantitative estimate of drug-likeness (QED) is 0.341. The van der Waals surface area contributed by atoms with Gasteiger partial charge in [0.05, 0.1) is 13.2 Å². The molecule has 0 unspecified atom stereocenters. The number of hydrogen-bond donors (Lipinski definition) is 1. The Morgan fingerprint density at radius 3 is 1.69 bits per heavy atom. The van der Waals surface area contributed by atoms with Crippen molar-refractivity contribution in [3.63, 3.8) is 0 Å². The van der Waals surface area contributed by atoms with E-state index in [-0.39, 0.29) is 6.29 Å². The van der Waals surface area contributed by atoms with E-state index in [2.05, 4.69) is 67.7 Å². The van der Waals surface area contributed by atoms with E-state index in [0.29, 0.717) is 13.2 Å². The molecule has 0 aromatic heterocycles. The number of rotatable bonds is 13. The summed E-state index contributed by atoms with van der Waals surface area (Å²) in [5.74, 6) is 0. The van der Waals surface area contributed by atoms with Gasteiger partial charge < -0.3 is 14.6 Å². The van der Waals surface area contributed by atoms with Crippen molar-refractivity contribution in [1.29, 1.82) is 0 Å². The molecule has 0 radical (unpaired) electrons. The standard InChI is InChI=1S/C23H36O3/c1-2-3-4-5-6-7-8-9-10-11-12-13-14-15-16-17-18-19-23-25-20-22(24)21-26-23/h3-4,6-7,9-10,12-13,15-16,22-24H,2,5,8,11,14,17-21H2,1H3/b4-3-,7-6-,10-9-,13-12-,16-15-/t22-,23-. The molecule has 1 heterocycles. The fourth-order valence-electron chi connectivity index (χ4n) is 2.47. The molecule has 0 aromatic rings. The number of unbranched alkanes of at least 4 members (excludes halogenated alkanes) is 1. The molecule has 0 aliphatic carbocycles. The summed E-state index contributed by atoms with van der Waals surface area (Å²) >= 11 is 0. The van der Waals surface area contributed by atoms with Crippen molar-refractivity contribution in [2.24, 2.45) is 0 Å². The van der Waals surface area contributed by atoms with E-state index in [0.717, 1.165) is 51.4 Å². The predicted molar refractivity (Wildman–Crippen MR) is 110 cm³/mol. The van der Waals surface area contributed by atoms with Crippen LogP contribution in [0.1, 0.15) is 58.3 Å². The molecule has 0 amide bonds. The molecule has 0 spiro atoms. The van der Waals surface area contributed by atoms with Gasteiger partial charge in [0, 0.05) is 0 Å². The van der Waals surface area contributed by atoms with Gasteiger partial charge in [-0.25, -0.2) is 0 Å². The molecule has 1 saturated heterocycles. The monoisotopic (exact) mass is 360 g/mol. The van der Waals surface area contributed by atoms with Crippen LogP contribution in [0, 0.1) is 0 Å². The molecular weight excluding hydrogens is 324 g/mol. The van der Waals surface area contributed by atoms with E-state index in [1.807, 2.05) is 0 Å². The molecule has 1 aliphatic rings. The van der Waals surface area contributed by atoms with Crippen molar-refractivity contribution in [1.82, 2.24) is 0 Å². The molecule has 146 valence electrons. The minimum absolute atomic E-state index is 0.138. The Morgan fingerprint density at radius 2 is 1.19 bits per heavy atom. The largest absolute Gasteiger partial charge is 0.388 e. The minimum Gasteiger partial charge on any atom is -0.388 e. The molecule has 1 N–H and O–H groups in total. The molecular formula is C23H36O3. The van der Waals surface area contributed by atoms with Gasteiger partial charge in [0.15, 0.2) is 6.29 Å². The second-order valence-electron chi connectivity index (χ2n) is 6.39. The predicted octanol–water partition coefficient (Wildman–Crippen LogP) is 5.64. The third kappa shape index (κ3) is 13.8. The zero-order valence-corrected chi connectivity index (χ0v) is 16.3. The Kier molecular flexibility index (Phi) is 14.8. The zero-order valence-electron chi connectivity index (χ0n) is 16.3. The first-order valence-corrected chi connectivity index (χ1v) is 9.99. The molecule has 1 fully saturated rings. The number of ether oxygens (including phenoxy) is 2. The van der Waals surface area contributed by atoms with Crippen LogP contribution in [0.25, 0.3) is 0 Å². The third-order valence-electron chi connectivity index (χ3n) is 3.92. The second-order valence-corrected chi connectivity index (χ2v) is 6.39. The molecule has 1 aliphatic heterocycles. The summed E-state index contributed by atoms with van der Waals surface area (Å²) in [4.78, 5) is 0. The van der Waals surface area contributed by atoms with E-state index >= 15 is 0 Å². The lowest BCUT2D eigenvalue weighted by molar-refractivity contribution is -0.218. The van der Waals surface area contributed by atoms with Gasteiger partial charge in [-0.15, -0.1) is 0 Å². The van der Waals surface area contributed by atoms with Crippen LogP contribution in [0.5, 0.6) is 0 Å². The molecule has 3 nitrogen and oxygen atoms in total. The summed E-state index contributed by atoms with van der Waals surface area (Å²) in [7, 11) is 0. The van der Waals surface area contributed by atoms with Gasteiger partial charge in [-0.05, 0) is 51.4 Å². The van der Waals surface area contributed by atoms with Crippen LogP contribution < -0.4 is 0 Å². The van der Waals surface area contributed by atoms with Crippen molar-refractivity contribution >= 4 is 0 Å².